The molecule has 0 aliphatic heterocycles. The largest absolute Gasteiger partial charge is 0.480 e. The Hall–Kier alpha value is -0.490. The number of likely N-dealkylation sites (N-methyl/N-ethyl adjacent to an activating group) is 1. The zero-order valence-corrected chi connectivity index (χ0v) is 8.41. The quantitative estimate of drug-likeness (QED) is 0.764. The molecule has 0 aromatic carbocycles. The third-order valence-electron chi connectivity index (χ3n) is 1.60. The van der Waals surface area contributed by atoms with Gasteiger partial charge >= 0.3 is 12.1 Å². The van der Waals surface area contributed by atoms with E-state index in [0.717, 1.165) is 0 Å². The second kappa shape index (κ2) is 6.89. The first kappa shape index (κ1) is 16.0. The van der Waals surface area contributed by atoms with Gasteiger partial charge in [0, 0.05) is 6.42 Å². The fourth-order valence-corrected chi connectivity index (χ4v) is 0.898. The molecular formula is C7H13ClF3NO2. The first-order valence-corrected chi connectivity index (χ1v) is 3.83. The van der Waals surface area contributed by atoms with Crippen molar-refractivity contribution in [3.63, 3.8) is 0 Å². The maximum atomic E-state index is 11.6. The topological polar surface area (TPSA) is 49.3 Å². The molecule has 0 aromatic heterocycles. The van der Waals surface area contributed by atoms with E-state index in [1.165, 1.54) is 7.05 Å². The average Bonchev–Trinajstić information content (AvgIpc) is 1.95. The van der Waals surface area contributed by atoms with Gasteiger partial charge in [-0.2, -0.15) is 13.2 Å². The van der Waals surface area contributed by atoms with Gasteiger partial charge in [0.15, 0.2) is 0 Å². The van der Waals surface area contributed by atoms with Crippen LogP contribution in [0, 0.1) is 0 Å². The molecule has 0 bridgehead atoms. The number of nitrogens with one attached hydrogen (secondary N) is 1. The maximum Gasteiger partial charge on any atom is 0.389 e. The van der Waals surface area contributed by atoms with Crippen LogP contribution in [0.3, 0.4) is 0 Å². The second-order valence-corrected chi connectivity index (χ2v) is 2.69. The predicted octanol–water partition coefficient (Wildman–Crippen LogP) is 1.81. The molecule has 0 fully saturated rings. The van der Waals surface area contributed by atoms with E-state index in [1.54, 1.807) is 0 Å². The summed E-state index contributed by atoms with van der Waals surface area (Å²) in [5.74, 6) is -1.12. The number of carbonyl (C=O) groups is 1. The molecule has 0 aliphatic carbocycles. The summed E-state index contributed by atoms with van der Waals surface area (Å²) in [6.07, 6.45) is -5.30. The number of rotatable bonds is 5. The molecule has 0 rings (SSSR count). The standard InChI is InChI=1S/C7H12F3NO2.ClH/c1-11-5(6(12)13)3-2-4-7(8,9)10;/h5,11H,2-4H2,1H3,(H,12,13);1H. The Kier molecular flexibility index (Phi) is 7.85. The summed E-state index contributed by atoms with van der Waals surface area (Å²) in [4.78, 5) is 10.3. The molecule has 2 N–H and O–H groups in total. The molecule has 3 nitrogen and oxygen atoms in total. The summed E-state index contributed by atoms with van der Waals surface area (Å²) < 4.78 is 34.9. The molecule has 86 valence electrons. The predicted molar refractivity (Wildman–Crippen MR) is 47.6 cm³/mol. The minimum absolute atomic E-state index is 0. The van der Waals surface area contributed by atoms with Gasteiger partial charge < -0.3 is 10.4 Å². The average molecular weight is 236 g/mol. The molecule has 0 heterocycles. The van der Waals surface area contributed by atoms with Crippen LogP contribution in [0.2, 0.25) is 0 Å². The van der Waals surface area contributed by atoms with Crippen LogP contribution in [0.5, 0.6) is 0 Å². The van der Waals surface area contributed by atoms with E-state index in [0.29, 0.717) is 0 Å². The molecule has 0 saturated carbocycles. The molecule has 1 atom stereocenters. The molecule has 0 aliphatic rings. The lowest BCUT2D eigenvalue weighted by Gasteiger charge is -2.11. The van der Waals surface area contributed by atoms with E-state index >= 15 is 0 Å². The minimum atomic E-state index is -4.20. The molecule has 1 unspecified atom stereocenters. The lowest BCUT2D eigenvalue weighted by Crippen LogP contribution is -2.33. The minimum Gasteiger partial charge on any atom is -0.480 e. The Morgan fingerprint density at radius 3 is 2.29 bits per heavy atom. The molecule has 0 aromatic rings. The lowest BCUT2D eigenvalue weighted by molar-refractivity contribution is -0.143. The highest BCUT2D eigenvalue weighted by Gasteiger charge is 2.27. The van der Waals surface area contributed by atoms with Gasteiger partial charge in [0.25, 0.3) is 0 Å². The SMILES string of the molecule is CNC(CCCC(F)(F)F)C(=O)O.Cl. The summed E-state index contributed by atoms with van der Waals surface area (Å²) in [6.45, 7) is 0. The summed E-state index contributed by atoms with van der Waals surface area (Å²) in [5.41, 5.74) is 0. The van der Waals surface area contributed by atoms with Crippen LogP contribution in [0.15, 0.2) is 0 Å². The molecule has 0 saturated heterocycles. The molecule has 7 heteroatoms. The Labute approximate surface area is 86.1 Å². The van der Waals surface area contributed by atoms with Crippen molar-refractivity contribution in [3.8, 4) is 0 Å². The van der Waals surface area contributed by atoms with Crippen LogP contribution in [-0.2, 0) is 4.79 Å². The van der Waals surface area contributed by atoms with Crippen molar-refractivity contribution in [2.75, 3.05) is 7.05 Å². The smallest absolute Gasteiger partial charge is 0.389 e. The lowest BCUT2D eigenvalue weighted by atomic mass is 10.1. The van der Waals surface area contributed by atoms with Gasteiger partial charge in [-0.3, -0.25) is 4.79 Å². The first-order chi connectivity index (χ1) is 5.87. The number of hydrogen-bond acceptors (Lipinski definition) is 2. The highest BCUT2D eigenvalue weighted by molar-refractivity contribution is 5.85. The van der Waals surface area contributed by atoms with Crippen LogP contribution < -0.4 is 5.32 Å². The van der Waals surface area contributed by atoms with Crippen LogP contribution in [0.4, 0.5) is 13.2 Å². The van der Waals surface area contributed by atoms with Gasteiger partial charge in [-0.05, 0) is 19.9 Å². The molecule has 0 spiro atoms. The fraction of sp³-hybridized carbons (Fsp3) is 0.857. The Morgan fingerprint density at radius 1 is 1.50 bits per heavy atom. The van der Waals surface area contributed by atoms with Crippen molar-refractivity contribution >= 4 is 18.4 Å². The van der Waals surface area contributed by atoms with Crippen LogP contribution >= 0.6 is 12.4 Å². The van der Waals surface area contributed by atoms with Crippen LogP contribution in [0.1, 0.15) is 19.3 Å². The second-order valence-electron chi connectivity index (χ2n) is 2.69. The number of hydrogen-bond donors (Lipinski definition) is 2. The van der Waals surface area contributed by atoms with Crippen molar-refractivity contribution in [2.45, 2.75) is 31.5 Å². The zero-order chi connectivity index (χ0) is 10.5. The van der Waals surface area contributed by atoms with E-state index in [1.807, 2.05) is 0 Å². The van der Waals surface area contributed by atoms with E-state index in [4.69, 9.17) is 5.11 Å². The number of carboxylic acids is 1. The number of aliphatic carboxylic acids is 1. The van der Waals surface area contributed by atoms with E-state index in [2.05, 4.69) is 5.32 Å². The van der Waals surface area contributed by atoms with Gasteiger partial charge in [-0.25, -0.2) is 0 Å². The third kappa shape index (κ3) is 8.12. The highest BCUT2D eigenvalue weighted by Crippen LogP contribution is 2.22. The van der Waals surface area contributed by atoms with Crippen molar-refractivity contribution in [3.05, 3.63) is 0 Å². The van der Waals surface area contributed by atoms with Crippen LogP contribution in [0.25, 0.3) is 0 Å². The van der Waals surface area contributed by atoms with Gasteiger partial charge in [-0.1, -0.05) is 0 Å². The molecule has 14 heavy (non-hydrogen) atoms. The summed E-state index contributed by atoms with van der Waals surface area (Å²) in [5, 5.41) is 10.9. The van der Waals surface area contributed by atoms with Crippen molar-refractivity contribution < 1.29 is 23.1 Å². The first-order valence-electron chi connectivity index (χ1n) is 3.83. The Morgan fingerprint density at radius 2 is 2.00 bits per heavy atom. The monoisotopic (exact) mass is 235 g/mol. The molecular weight excluding hydrogens is 223 g/mol. The third-order valence-corrected chi connectivity index (χ3v) is 1.60. The van der Waals surface area contributed by atoms with Gasteiger partial charge in [0.1, 0.15) is 6.04 Å². The normalized spacial score (nSPS) is 13.1. The maximum absolute atomic E-state index is 11.6. The van der Waals surface area contributed by atoms with Crippen molar-refractivity contribution in [1.29, 1.82) is 0 Å². The number of carboxylic acid groups (broad SMARTS) is 1. The van der Waals surface area contributed by atoms with E-state index < -0.39 is 24.6 Å². The molecule has 0 radical (unpaired) electrons. The van der Waals surface area contributed by atoms with Gasteiger partial charge in [-0.15, -0.1) is 12.4 Å². The number of halogens is 4. The molecule has 0 amide bonds. The highest BCUT2D eigenvalue weighted by atomic mass is 35.5. The van der Waals surface area contributed by atoms with Crippen LogP contribution in [-0.4, -0.2) is 30.3 Å². The van der Waals surface area contributed by atoms with E-state index in [-0.39, 0.29) is 25.2 Å². The summed E-state index contributed by atoms with van der Waals surface area (Å²) in [7, 11) is 1.41. The van der Waals surface area contributed by atoms with Crippen molar-refractivity contribution in [1.82, 2.24) is 5.32 Å². The van der Waals surface area contributed by atoms with Crippen molar-refractivity contribution in [2.24, 2.45) is 0 Å². The number of alkyl halides is 3. The summed E-state index contributed by atoms with van der Waals surface area (Å²) in [6, 6.07) is -0.887. The van der Waals surface area contributed by atoms with E-state index in [9.17, 15) is 18.0 Å². The zero-order valence-electron chi connectivity index (χ0n) is 7.60. The Bertz CT molecular complexity index is 175. The Balaban J connectivity index is 0. The van der Waals surface area contributed by atoms with Gasteiger partial charge in [0.05, 0.1) is 0 Å². The summed E-state index contributed by atoms with van der Waals surface area (Å²) >= 11 is 0. The van der Waals surface area contributed by atoms with Gasteiger partial charge in [0.2, 0.25) is 0 Å². The fourth-order valence-electron chi connectivity index (χ4n) is 0.898.